The molecule has 0 aliphatic heterocycles. The van der Waals surface area contributed by atoms with E-state index in [2.05, 4.69) is 37.3 Å². The van der Waals surface area contributed by atoms with E-state index in [0.29, 0.717) is 0 Å². The summed E-state index contributed by atoms with van der Waals surface area (Å²) in [5, 5.41) is 3.37. The van der Waals surface area contributed by atoms with Crippen LogP contribution in [0.15, 0.2) is 47.3 Å². The first-order valence-electron chi connectivity index (χ1n) is 5.55. The van der Waals surface area contributed by atoms with E-state index in [4.69, 9.17) is 0 Å². The van der Waals surface area contributed by atoms with Crippen LogP contribution >= 0.6 is 15.9 Å². The van der Waals surface area contributed by atoms with Gasteiger partial charge in [0.25, 0.3) is 0 Å². The van der Waals surface area contributed by atoms with Crippen LogP contribution in [0.25, 0.3) is 0 Å². The number of rotatable bonds is 5. The zero-order valence-corrected chi connectivity index (χ0v) is 11.0. The Morgan fingerprint density at radius 2 is 2.12 bits per heavy atom. The molecule has 0 fully saturated rings. The lowest BCUT2D eigenvalue weighted by Crippen LogP contribution is -2.17. The van der Waals surface area contributed by atoms with Gasteiger partial charge in [0.15, 0.2) is 0 Å². The maximum Gasteiger partial charge on any atom is 0.106 e. The Morgan fingerprint density at radius 3 is 2.88 bits per heavy atom. The lowest BCUT2D eigenvalue weighted by molar-refractivity contribution is 0.673. The highest BCUT2D eigenvalue weighted by atomic mass is 79.9. The molecule has 2 rings (SSSR count). The molecule has 88 valence electrons. The molecular formula is C13H14BrN3. The van der Waals surface area contributed by atoms with Crippen molar-refractivity contribution in [3.8, 4) is 0 Å². The molecule has 0 bridgehead atoms. The highest BCUT2D eigenvalue weighted by molar-refractivity contribution is 9.10. The first-order chi connectivity index (χ1) is 8.34. The number of aromatic nitrogens is 2. The molecule has 17 heavy (non-hydrogen) atoms. The molecule has 0 aromatic carbocycles. The molecule has 0 atom stereocenters. The second-order valence-corrected chi connectivity index (χ2v) is 4.55. The minimum Gasteiger partial charge on any atom is -0.311 e. The summed E-state index contributed by atoms with van der Waals surface area (Å²) in [6.45, 7) is 1.72. The number of pyridine rings is 2. The highest BCUT2D eigenvalue weighted by Crippen LogP contribution is 2.05. The van der Waals surface area contributed by atoms with E-state index in [9.17, 15) is 0 Å². The summed E-state index contributed by atoms with van der Waals surface area (Å²) in [7, 11) is 0. The van der Waals surface area contributed by atoms with Crippen LogP contribution in [0.3, 0.4) is 0 Å². The number of nitrogens with zero attached hydrogens (tertiary/aromatic N) is 2. The Kier molecular flexibility index (Phi) is 4.64. The van der Waals surface area contributed by atoms with Crippen molar-refractivity contribution in [3.63, 3.8) is 0 Å². The second-order valence-electron chi connectivity index (χ2n) is 3.74. The lowest BCUT2D eigenvalue weighted by atomic mass is 10.2. The molecule has 1 N–H and O–H groups in total. The summed E-state index contributed by atoms with van der Waals surface area (Å²) >= 11 is 3.36. The summed E-state index contributed by atoms with van der Waals surface area (Å²) < 4.78 is 0.879. The van der Waals surface area contributed by atoms with Crippen molar-refractivity contribution in [3.05, 3.63) is 58.6 Å². The molecule has 0 aliphatic rings. The Labute approximate surface area is 109 Å². The maximum absolute atomic E-state index is 4.36. The Morgan fingerprint density at radius 1 is 1.18 bits per heavy atom. The Balaban J connectivity index is 1.73. The van der Waals surface area contributed by atoms with Gasteiger partial charge in [-0.25, -0.2) is 4.98 Å². The van der Waals surface area contributed by atoms with Crippen molar-refractivity contribution < 1.29 is 0 Å². The number of halogens is 1. The fraction of sp³-hybridized carbons (Fsp3) is 0.231. The van der Waals surface area contributed by atoms with Crippen LogP contribution < -0.4 is 5.32 Å². The van der Waals surface area contributed by atoms with E-state index in [-0.39, 0.29) is 0 Å². The molecule has 4 heteroatoms. The van der Waals surface area contributed by atoms with Crippen LogP contribution in [0.1, 0.15) is 11.3 Å². The van der Waals surface area contributed by atoms with E-state index >= 15 is 0 Å². The summed E-state index contributed by atoms with van der Waals surface area (Å²) in [6.07, 6.45) is 4.68. The average molecular weight is 292 g/mol. The van der Waals surface area contributed by atoms with Gasteiger partial charge >= 0.3 is 0 Å². The zero-order valence-electron chi connectivity index (χ0n) is 9.44. The van der Waals surface area contributed by atoms with Crippen LogP contribution in [0, 0.1) is 0 Å². The first kappa shape index (κ1) is 12.2. The van der Waals surface area contributed by atoms with Gasteiger partial charge in [-0.1, -0.05) is 12.1 Å². The van der Waals surface area contributed by atoms with Gasteiger partial charge in [-0.2, -0.15) is 0 Å². The van der Waals surface area contributed by atoms with E-state index < -0.39 is 0 Å². The highest BCUT2D eigenvalue weighted by Gasteiger charge is 1.96. The fourth-order valence-electron chi connectivity index (χ4n) is 1.54. The SMILES string of the molecule is Brc1cccc(CNCCc2cccnc2)n1. The van der Waals surface area contributed by atoms with Crippen LogP contribution in [0.5, 0.6) is 0 Å². The quantitative estimate of drug-likeness (QED) is 0.680. The van der Waals surface area contributed by atoms with Gasteiger partial charge in [0, 0.05) is 18.9 Å². The van der Waals surface area contributed by atoms with Crippen LogP contribution in [-0.4, -0.2) is 16.5 Å². The summed E-state index contributed by atoms with van der Waals surface area (Å²) in [5.41, 5.74) is 2.30. The molecule has 0 aliphatic carbocycles. The minimum atomic E-state index is 0.791. The van der Waals surface area contributed by atoms with Crippen molar-refractivity contribution >= 4 is 15.9 Å². The third kappa shape index (κ3) is 4.24. The van der Waals surface area contributed by atoms with Crippen molar-refractivity contribution in [1.29, 1.82) is 0 Å². The second kappa shape index (κ2) is 6.47. The van der Waals surface area contributed by atoms with Gasteiger partial charge in [-0.3, -0.25) is 4.98 Å². The number of hydrogen-bond acceptors (Lipinski definition) is 3. The number of nitrogens with one attached hydrogen (secondary N) is 1. The smallest absolute Gasteiger partial charge is 0.106 e. The summed E-state index contributed by atoms with van der Waals surface area (Å²) in [4.78, 5) is 8.45. The first-order valence-corrected chi connectivity index (χ1v) is 6.35. The van der Waals surface area contributed by atoms with E-state index in [0.717, 1.165) is 29.8 Å². The Hall–Kier alpha value is -1.26. The normalized spacial score (nSPS) is 10.4. The molecule has 0 spiro atoms. The molecule has 0 radical (unpaired) electrons. The monoisotopic (exact) mass is 291 g/mol. The summed E-state index contributed by atoms with van der Waals surface area (Å²) in [5.74, 6) is 0. The molecule has 2 aromatic rings. The largest absolute Gasteiger partial charge is 0.311 e. The van der Waals surface area contributed by atoms with Crippen molar-refractivity contribution in [2.75, 3.05) is 6.54 Å². The molecule has 0 saturated carbocycles. The van der Waals surface area contributed by atoms with Gasteiger partial charge in [-0.15, -0.1) is 0 Å². The predicted molar refractivity (Wildman–Crippen MR) is 71.6 cm³/mol. The third-order valence-corrected chi connectivity index (χ3v) is 2.83. The topological polar surface area (TPSA) is 37.8 Å². The van der Waals surface area contributed by atoms with Crippen molar-refractivity contribution in [2.45, 2.75) is 13.0 Å². The van der Waals surface area contributed by atoms with E-state index in [1.807, 2.05) is 30.5 Å². The van der Waals surface area contributed by atoms with Crippen molar-refractivity contribution in [1.82, 2.24) is 15.3 Å². The lowest BCUT2D eigenvalue weighted by Gasteiger charge is -2.04. The van der Waals surface area contributed by atoms with Gasteiger partial charge in [0.2, 0.25) is 0 Å². The Bertz CT molecular complexity index is 459. The zero-order chi connectivity index (χ0) is 11.9. The van der Waals surface area contributed by atoms with Crippen molar-refractivity contribution in [2.24, 2.45) is 0 Å². The van der Waals surface area contributed by atoms with Crippen LogP contribution in [0.2, 0.25) is 0 Å². The summed E-state index contributed by atoms with van der Waals surface area (Å²) in [6, 6.07) is 9.99. The molecule has 0 saturated heterocycles. The van der Waals surface area contributed by atoms with E-state index in [1.54, 1.807) is 6.20 Å². The predicted octanol–water partition coefficient (Wildman–Crippen LogP) is 2.57. The molecule has 2 heterocycles. The molecule has 3 nitrogen and oxygen atoms in total. The van der Waals surface area contributed by atoms with E-state index in [1.165, 1.54) is 5.56 Å². The molecule has 2 aromatic heterocycles. The van der Waals surface area contributed by atoms with Crippen LogP contribution in [0.4, 0.5) is 0 Å². The van der Waals surface area contributed by atoms with Gasteiger partial charge in [0.1, 0.15) is 4.60 Å². The minimum absolute atomic E-state index is 0.791. The van der Waals surface area contributed by atoms with Gasteiger partial charge < -0.3 is 5.32 Å². The molecular weight excluding hydrogens is 278 g/mol. The number of hydrogen-bond donors (Lipinski definition) is 1. The fourth-order valence-corrected chi connectivity index (χ4v) is 1.92. The van der Waals surface area contributed by atoms with Crippen LogP contribution in [-0.2, 0) is 13.0 Å². The van der Waals surface area contributed by atoms with Gasteiger partial charge in [-0.05, 0) is 52.7 Å². The maximum atomic E-state index is 4.36. The van der Waals surface area contributed by atoms with Gasteiger partial charge in [0.05, 0.1) is 5.69 Å². The molecule has 0 unspecified atom stereocenters. The standard InChI is InChI=1S/C13H14BrN3/c14-13-5-1-4-12(17-13)10-16-8-6-11-3-2-7-15-9-11/h1-5,7,9,16H,6,8,10H2. The third-order valence-electron chi connectivity index (χ3n) is 2.39. The molecule has 0 amide bonds. The average Bonchev–Trinajstić information content (AvgIpc) is 2.36.